The summed E-state index contributed by atoms with van der Waals surface area (Å²) < 4.78 is 53.5. The van der Waals surface area contributed by atoms with Crippen LogP contribution in [-0.2, 0) is 30.7 Å². The quantitative estimate of drug-likeness (QED) is 0.0777. The average molecular weight is 580 g/mol. The van der Waals surface area contributed by atoms with Crippen molar-refractivity contribution in [1.29, 1.82) is 0 Å². The first-order chi connectivity index (χ1) is 17.9. The van der Waals surface area contributed by atoms with Crippen LogP contribution >= 0.6 is 12.2 Å². The lowest BCUT2D eigenvalue weighted by Crippen LogP contribution is -2.57. The molecule has 2 aromatic rings. The zero-order valence-corrected chi connectivity index (χ0v) is 23.0. The van der Waals surface area contributed by atoms with Crippen LogP contribution in [0.25, 0.3) is 11.1 Å². The summed E-state index contributed by atoms with van der Waals surface area (Å²) in [6.07, 6.45) is 3.47. The molecule has 2 amide bonds. The van der Waals surface area contributed by atoms with Crippen molar-refractivity contribution in [3.8, 4) is 11.1 Å². The molecule has 0 aromatic heterocycles. The van der Waals surface area contributed by atoms with Crippen molar-refractivity contribution in [3.05, 3.63) is 36.4 Å². The van der Waals surface area contributed by atoms with Gasteiger partial charge in [-0.3, -0.25) is 13.8 Å². The second kappa shape index (κ2) is 12.6. The summed E-state index contributed by atoms with van der Waals surface area (Å²) in [5.74, 6) is -1.56. The van der Waals surface area contributed by atoms with Crippen molar-refractivity contribution < 1.29 is 26.8 Å². The predicted molar refractivity (Wildman–Crippen MR) is 145 cm³/mol. The van der Waals surface area contributed by atoms with Gasteiger partial charge in [0, 0.05) is 22.2 Å². The van der Waals surface area contributed by atoms with Crippen LogP contribution in [0.3, 0.4) is 0 Å². The van der Waals surface area contributed by atoms with Crippen molar-refractivity contribution in [3.63, 3.8) is 0 Å². The Hall–Kier alpha value is -3.11. The van der Waals surface area contributed by atoms with E-state index in [9.17, 15) is 26.8 Å². The first-order valence-electron chi connectivity index (χ1n) is 11.6. The van der Waals surface area contributed by atoms with Gasteiger partial charge in [0.15, 0.2) is 5.11 Å². The maximum Gasteiger partial charge on any atom is 0.262 e. The van der Waals surface area contributed by atoms with Gasteiger partial charge in [-0.15, -0.1) is 0 Å². The number of carbonyl (C=O) groups excluding carboxylic acids is 2. The number of nitrogens with two attached hydrogens (primary N) is 1. The number of thiocarbonyl (C=S) groups is 1. The summed E-state index contributed by atoms with van der Waals surface area (Å²) in [5, 5.41) is 11.9. The Labute approximate surface area is 228 Å². The van der Waals surface area contributed by atoms with E-state index in [4.69, 9.17) is 18.0 Å². The molecule has 5 N–H and O–H groups in total. The minimum atomic E-state index is -4.06. The number of anilines is 1. The van der Waals surface area contributed by atoms with Crippen molar-refractivity contribution in [2.45, 2.75) is 61.4 Å². The third-order valence-electron chi connectivity index (χ3n) is 5.59. The molecule has 15 heteroatoms. The molecule has 2 aromatic carbocycles. The molecule has 1 fully saturated rings. The predicted octanol–water partition coefficient (Wildman–Crippen LogP) is 2.40. The monoisotopic (exact) mass is 579 g/mol. The van der Waals surface area contributed by atoms with Gasteiger partial charge < -0.3 is 20.9 Å². The lowest BCUT2D eigenvalue weighted by atomic mass is 10.0. The Kier molecular flexibility index (Phi) is 9.78. The van der Waals surface area contributed by atoms with E-state index in [1.54, 1.807) is 6.92 Å². The summed E-state index contributed by atoms with van der Waals surface area (Å²) in [5.41, 5.74) is 6.30. The van der Waals surface area contributed by atoms with Gasteiger partial charge in [0.2, 0.25) is 16.1 Å². The molecule has 0 bridgehead atoms. The van der Waals surface area contributed by atoms with Crippen LogP contribution in [0.1, 0.15) is 39.5 Å². The number of hydrogen-bond donors (Lipinski definition) is 4. The van der Waals surface area contributed by atoms with Crippen LogP contribution in [0.4, 0.5) is 11.4 Å². The van der Waals surface area contributed by atoms with Gasteiger partial charge in [-0.2, -0.15) is 10.2 Å². The van der Waals surface area contributed by atoms with Crippen molar-refractivity contribution in [2.75, 3.05) is 5.73 Å². The van der Waals surface area contributed by atoms with E-state index < -0.39 is 39.0 Å². The number of hydrogen-bond acceptors (Lipinski definition) is 10. The maximum absolute atomic E-state index is 13.3. The molecule has 38 heavy (non-hydrogen) atoms. The molecule has 3 rings (SSSR count). The number of rotatable bonds is 11. The van der Waals surface area contributed by atoms with Gasteiger partial charge >= 0.3 is 0 Å². The van der Waals surface area contributed by atoms with E-state index in [0.717, 1.165) is 25.3 Å². The molecule has 1 saturated heterocycles. The van der Waals surface area contributed by atoms with Crippen LogP contribution in [-0.4, -0.2) is 46.2 Å². The Balaban J connectivity index is 1.98. The van der Waals surface area contributed by atoms with Crippen LogP contribution in [0.15, 0.2) is 56.4 Å². The van der Waals surface area contributed by atoms with Gasteiger partial charge in [0.1, 0.15) is 0 Å². The fourth-order valence-electron chi connectivity index (χ4n) is 3.75. The molecular weight excluding hydrogens is 552 g/mol. The number of nitrogen functional groups attached to an aromatic ring is 1. The fourth-order valence-corrected chi connectivity index (χ4v) is 6.05. The van der Waals surface area contributed by atoms with Crippen LogP contribution in [0, 0.1) is 0 Å². The Morgan fingerprint density at radius 3 is 2.42 bits per heavy atom. The number of sulfonamides is 1. The van der Waals surface area contributed by atoms with Gasteiger partial charge in [0.05, 0.1) is 10.6 Å². The summed E-state index contributed by atoms with van der Waals surface area (Å²) in [7, 11) is -4.06. The first kappa shape index (κ1) is 29.4. The fraction of sp³-hybridized carbons (Fsp3) is 0.348. The number of benzene rings is 2. The van der Waals surface area contributed by atoms with E-state index in [0.29, 0.717) is 6.42 Å². The highest BCUT2D eigenvalue weighted by Crippen LogP contribution is 2.35. The van der Waals surface area contributed by atoms with Gasteiger partial charge in [-0.05, 0) is 66.5 Å². The first-order valence-corrected chi connectivity index (χ1v) is 14.6. The molecule has 1 heterocycles. The number of amides is 2. The van der Waals surface area contributed by atoms with Crippen LogP contribution in [0.2, 0.25) is 0 Å². The van der Waals surface area contributed by atoms with E-state index in [-0.39, 0.29) is 43.4 Å². The maximum atomic E-state index is 13.3. The highest BCUT2D eigenvalue weighted by molar-refractivity contribution is 7.89. The lowest BCUT2D eigenvalue weighted by Gasteiger charge is -2.19. The summed E-state index contributed by atoms with van der Waals surface area (Å²) in [6, 6.07) is 6.21. The minimum absolute atomic E-state index is 0.0178. The third kappa shape index (κ3) is 7.26. The van der Waals surface area contributed by atoms with E-state index >= 15 is 0 Å². The van der Waals surface area contributed by atoms with E-state index in [2.05, 4.69) is 32.5 Å². The number of unbranched alkanes of at least 4 members (excludes halogenated alkanes) is 2. The molecule has 0 aliphatic carbocycles. The van der Waals surface area contributed by atoms with Gasteiger partial charge in [0.25, 0.3) is 11.8 Å². The second-order valence-electron chi connectivity index (χ2n) is 8.61. The largest absolute Gasteiger partial charge is 0.768 e. The number of nitrogens with zero attached hydrogens (tertiary/aromatic N) is 2. The topological polar surface area (TPSA) is 195 Å². The standard InChI is InChI=1S/C23H28N6O6S3/c1-3-4-5-6-13(2)29-38(34,35)19-11-14(24)7-9-17(19)16-10-8-15(12-18(16)37(32)33)27-28-20-21(30)25-23(36)26-22(20)31/h7-13,20,29H,3-6,24H2,1-2H3,(H,32,33)(H2,25,26,30,31,36)/p-1. The Bertz CT molecular complexity index is 1390. The van der Waals surface area contributed by atoms with Gasteiger partial charge in [-0.1, -0.05) is 38.3 Å². The number of azo groups is 1. The van der Waals surface area contributed by atoms with Crippen molar-refractivity contribution in [1.82, 2.24) is 15.4 Å². The highest BCUT2D eigenvalue weighted by atomic mass is 32.2. The zero-order chi connectivity index (χ0) is 28.0. The normalized spacial score (nSPS) is 16.3. The molecule has 0 saturated carbocycles. The van der Waals surface area contributed by atoms with E-state index in [1.165, 1.54) is 30.3 Å². The number of carbonyl (C=O) groups is 2. The Morgan fingerprint density at radius 2 is 1.79 bits per heavy atom. The number of nitrogens with one attached hydrogen (secondary N) is 3. The summed E-state index contributed by atoms with van der Waals surface area (Å²) in [6.45, 7) is 3.81. The molecular formula is C23H27N6O6S3-. The lowest BCUT2D eigenvalue weighted by molar-refractivity contribution is -0.131. The van der Waals surface area contributed by atoms with Crippen molar-refractivity contribution >= 4 is 61.6 Å². The van der Waals surface area contributed by atoms with Crippen LogP contribution in [0.5, 0.6) is 0 Å². The van der Waals surface area contributed by atoms with Gasteiger partial charge in [-0.25, -0.2) is 13.1 Å². The second-order valence-corrected chi connectivity index (χ2v) is 11.6. The summed E-state index contributed by atoms with van der Waals surface area (Å²) in [4.78, 5) is 23.5. The molecule has 0 spiro atoms. The summed E-state index contributed by atoms with van der Waals surface area (Å²) >= 11 is 1.92. The SMILES string of the molecule is CCCCCC(C)NS(=O)(=O)c1cc(N)ccc1-c1ccc(N=NC2C(=O)NC(=S)NC2=O)cc1S(=O)[O-]. The third-order valence-corrected chi connectivity index (χ3v) is 8.12. The minimum Gasteiger partial charge on any atom is -0.768 e. The molecule has 2 atom stereocenters. The molecule has 1 aliphatic rings. The molecule has 2 unspecified atom stereocenters. The highest BCUT2D eigenvalue weighted by Gasteiger charge is 2.32. The van der Waals surface area contributed by atoms with Crippen molar-refractivity contribution in [2.24, 2.45) is 10.2 Å². The average Bonchev–Trinajstić information content (AvgIpc) is 2.83. The zero-order valence-electron chi connectivity index (χ0n) is 20.6. The Morgan fingerprint density at radius 1 is 1.13 bits per heavy atom. The molecule has 204 valence electrons. The van der Waals surface area contributed by atoms with E-state index in [1.807, 2.05) is 0 Å². The molecule has 12 nitrogen and oxygen atoms in total. The van der Waals surface area contributed by atoms with Crippen LogP contribution < -0.4 is 21.1 Å². The molecule has 1 aliphatic heterocycles. The smallest absolute Gasteiger partial charge is 0.262 e. The molecule has 0 radical (unpaired) electrons.